The van der Waals surface area contributed by atoms with E-state index in [2.05, 4.69) is 18.2 Å². The molecule has 1 heterocycles. The van der Waals surface area contributed by atoms with Crippen molar-refractivity contribution < 1.29 is 14.7 Å². The Morgan fingerprint density at radius 2 is 1.74 bits per heavy atom. The first kappa shape index (κ1) is 21.2. The summed E-state index contributed by atoms with van der Waals surface area (Å²) in [7, 11) is 0. The predicted octanol–water partition coefficient (Wildman–Crippen LogP) is 5.34. The molecule has 158 valence electrons. The van der Waals surface area contributed by atoms with Gasteiger partial charge in [-0.15, -0.1) is 11.8 Å². The van der Waals surface area contributed by atoms with E-state index in [4.69, 9.17) is 0 Å². The van der Waals surface area contributed by atoms with Crippen LogP contribution in [0.3, 0.4) is 0 Å². The van der Waals surface area contributed by atoms with Crippen molar-refractivity contribution in [1.82, 2.24) is 4.90 Å². The highest BCUT2D eigenvalue weighted by Gasteiger charge is 2.29. The molecule has 0 saturated carbocycles. The zero-order valence-corrected chi connectivity index (χ0v) is 18.1. The average molecular weight is 432 g/mol. The number of aliphatic carboxylic acids is 1. The molecule has 0 bridgehead atoms. The second-order valence-corrected chi connectivity index (χ2v) is 8.82. The summed E-state index contributed by atoms with van der Waals surface area (Å²) in [6.07, 6.45) is 3.32. The van der Waals surface area contributed by atoms with E-state index in [-0.39, 0.29) is 12.5 Å². The zero-order valence-electron chi connectivity index (χ0n) is 17.2. The molecule has 1 aliphatic heterocycles. The number of benzene rings is 3. The highest BCUT2D eigenvalue weighted by molar-refractivity contribution is 7.99. The number of likely N-dealkylation sites (tertiary alicyclic amines) is 1. The number of thioether (sulfide) groups is 1. The van der Waals surface area contributed by atoms with Gasteiger partial charge in [-0.2, -0.15) is 0 Å². The van der Waals surface area contributed by atoms with Gasteiger partial charge in [0.25, 0.3) is 5.91 Å². The van der Waals surface area contributed by atoms with Gasteiger partial charge in [-0.1, -0.05) is 60.7 Å². The van der Waals surface area contributed by atoms with E-state index in [1.54, 1.807) is 16.7 Å². The average Bonchev–Trinajstić information content (AvgIpc) is 2.82. The Morgan fingerprint density at radius 1 is 1.00 bits per heavy atom. The fourth-order valence-electron chi connectivity index (χ4n) is 3.97. The molecule has 1 atom stereocenters. The number of carboxylic acid groups (broad SMARTS) is 1. The van der Waals surface area contributed by atoms with Crippen LogP contribution in [-0.4, -0.2) is 40.7 Å². The van der Waals surface area contributed by atoms with Crippen LogP contribution in [-0.2, 0) is 9.59 Å². The molecule has 1 N–H and O–H groups in total. The molecule has 4 nitrogen and oxygen atoms in total. The predicted molar refractivity (Wildman–Crippen MR) is 126 cm³/mol. The van der Waals surface area contributed by atoms with Crippen LogP contribution in [0.5, 0.6) is 0 Å². The first-order valence-electron chi connectivity index (χ1n) is 10.5. The van der Waals surface area contributed by atoms with Crippen LogP contribution in [0, 0.1) is 5.92 Å². The van der Waals surface area contributed by atoms with Gasteiger partial charge in [-0.25, -0.2) is 0 Å². The standard InChI is InChI=1S/C26H25NO3S/c28-25(27-15-7-11-21(17-27)26(29)30)22(18-31-23-12-2-1-3-13-23)16-20-10-6-9-19-8-4-5-14-24(19)20/h1-6,8-10,12-14,16,21H,7,11,15,17-18H2,(H,29,30)/b22-16+/t21-/m1/s1. The van der Waals surface area contributed by atoms with Gasteiger partial charge in [0.15, 0.2) is 0 Å². The lowest BCUT2D eigenvalue weighted by molar-refractivity contribution is -0.145. The lowest BCUT2D eigenvalue weighted by atomic mass is 9.97. The topological polar surface area (TPSA) is 57.6 Å². The summed E-state index contributed by atoms with van der Waals surface area (Å²) in [6.45, 7) is 0.878. The number of nitrogens with zero attached hydrogens (tertiary/aromatic N) is 1. The minimum atomic E-state index is -0.823. The first-order chi connectivity index (χ1) is 15.1. The SMILES string of the molecule is O=C(O)[C@@H]1CCCN(C(=O)/C(=C/c2cccc3ccccc23)CSc2ccccc2)C1. The molecule has 0 unspecified atom stereocenters. The highest BCUT2D eigenvalue weighted by atomic mass is 32.2. The van der Waals surface area contributed by atoms with Crippen molar-refractivity contribution in [2.75, 3.05) is 18.8 Å². The minimum absolute atomic E-state index is 0.0673. The summed E-state index contributed by atoms with van der Waals surface area (Å²) in [4.78, 5) is 27.8. The van der Waals surface area contributed by atoms with Crippen molar-refractivity contribution in [2.45, 2.75) is 17.7 Å². The van der Waals surface area contributed by atoms with Crippen LogP contribution < -0.4 is 0 Å². The third-order valence-corrected chi connectivity index (χ3v) is 6.68. The summed E-state index contributed by atoms with van der Waals surface area (Å²) in [5.41, 5.74) is 1.69. The molecule has 5 heteroatoms. The van der Waals surface area contributed by atoms with Gasteiger partial charge < -0.3 is 10.0 Å². The number of rotatable bonds is 6. The van der Waals surface area contributed by atoms with Gasteiger partial charge in [-0.05, 0) is 47.4 Å². The number of carboxylic acids is 1. The summed E-state index contributed by atoms with van der Waals surface area (Å²) >= 11 is 1.62. The van der Waals surface area contributed by atoms with Gasteiger partial charge in [0, 0.05) is 29.3 Å². The van der Waals surface area contributed by atoms with Gasteiger partial charge in [0.05, 0.1) is 5.92 Å². The summed E-state index contributed by atoms with van der Waals surface area (Å²) in [6, 6.07) is 24.2. The lowest BCUT2D eigenvalue weighted by Crippen LogP contribution is -2.43. The van der Waals surface area contributed by atoms with Crippen molar-refractivity contribution in [2.24, 2.45) is 5.92 Å². The minimum Gasteiger partial charge on any atom is -0.481 e. The van der Waals surface area contributed by atoms with Crippen LogP contribution in [0.2, 0.25) is 0 Å². The number of carbonyl (C=O) groups is 2. The molecule has 0 aliphatic carbocycles. The van der Waals surface area contributed by atoms with Crippen molar-refractivity contribution in [3.63, 3.8) is 0 Å². The highest BCUT2D eigenvalue weighted by Crippen LogP contribution is 2.27. The summed E-state index contributed by atoms with van der Waals surface area (Å²) < 4.78 is 0. The molecule has 1 saturated heterocycles. The smallest absolute Gasteiger partial charge is 0.308 e. The summed E-state index contributed by atoms with van der Waals surface area (Å²) in [5.74, 6) is -0.850. The van der Waals surface area contributed by atoms with E-state index < -0.39 is 11.9 Å². The molecule has 3 aromatic carbocycles. The molecule has 1 aliphatic rings. The number of amides is 1. The zero-order chi connectivity index (χ0) is 21.6. The van der Waals surface area contributed by atoms with Crippen molar-refractivity contribution in [3.8, 4) is 0 Å². The van der Waals surface area contributed by atoms with Crippen molar-refractivity contribution in [1.29, 1.82) is 0 Å². The van der Waals surface area contributed by atoms with Crippen LogP contribution in [0.15, 0.2) is 83.3 Å². The van der Waals surface area contributed by atoms with Crippen LogP contribution in [0.25, 0.3) is 16.8 Å². The van der Waals surface area contributed by atoms with Gasteiger partial charge in [0.1, 0.15) is 0 Å². The molecule has 1 fully saturated rings. The molecule has 0 radical (unpaired) electrons. The third-order valence-electron chi connectivity index (χ3n) is 5.62. The molecular weight excluding hydrogens is 406 g/mol. The van der Waals surface area contributed by atoms with Crippen LogP contribution in [0.1, 0.15) is 18.4 Å². The monoisotopic (exact) mass is 431 g/mol. The number of carbonyl (C=O) groups excluding carboxylic acids is 1. The van der Waals surface area contributed by atoms with Gasteiger partial charge >= 0.3 is 5.97 Å². The Labute approximate surface area is 186 Å². The second kappa shape index (κ2) is 9.84. The molecule has 3 aromatic rings. The second-order valence-electron chi connectivity index (χ2n) is 7.77. The van der Waals surface area contributed by atoms with Crippen molar-refractivity contribution in [3.05, 3.63) is 83.9 Å². The number of hydrogen-bond acceptors (Lipinski definition) is 3. The van der Waals surface area contributed by atoms with Crippen LogP contribution >= 0.6 is 11.8 Å². The van der Waals surface area contributed by atoms with E-state index in [0.29, 0.717) is 24.3 Å². The molecule has 0 spiro atoms. The van der Waals surface area contributed by atoms with Crippen molar-refractivity contribution >= 4 is 40.5 Å². The Hall–Kier alpha value is -3.05. The summed E-state index contributed by atoms with van der Waals surface area (Å²) in [5, 5.41) is 11.7. The quantitative estimate of drug-likeness (QED) is 0.423. The van der Waals surface area contributed by atoms with Crippen LogP contribution in [0.4, 0.5) is 0 Å². The molecular formula is C26H25NO3S. The van der Waals surface area contributed by atoms with E-state index >= 15 is 0 Å². The molecule has 4 rings (SSSR count). The van der Waals surface area contributed by atoms with E-state index in [1.807, 2.05) is 60.7 Å². The lowest BCUT2D eigenvalue weighted by Gasteiger charge is -2.31. The maximum atomic E-state index is 13.5. The maximum absolute atomic E-state index is 13.5. The Morgan fingerprint density at radius 3 is 2.55 bits per heavy atom. The Kier molecular flexibility index (Phi) is 6.73. The van der Waals surface area contributed by atoms with E-state index in [1.165, 1.54) is 0 Å². The number of hydrogen-bond donors (Lipinski definition) is 1. The normalized spacial score (nSPS) is 17.0. The first-order valence-corrected chi connectivity index (χ1v) is 11.5. The molecule has 0 aromatic heterocycles. The maximum Gasteiger partial charge on any atom is 0.308 e. The molecule has 31 heavy (non-hydrogen) atoms. The van der Waals surface area contributed by atoms with E-state index in [0.717, 1.165) is 27.7 Å². The third kappa shape index (κ3) is 5.17. The van der Waals surface area contributed by atoms with Gasteiger partial charge in [0.2, 0.25) is 0 Å². The number of fused-ring (bicyclic) bond motifs is 1. The Bertz CT molecular complexity index is 1100. The molecule has 1 amide bonds. The largest absolute Gasteiger partial charge is 0.481 e. The Balaban J connectivity index is 1.66. The van der Waals surface area contributed by atoms with Gasteiger partial charge in [-0.3, -0.25) is 9.59 Å². The fourth-order valence-corrected chi connectivity index (χ4v) is 4.85. The van der Waals surface area contributed by atoms with E-state index in [9.17, 15) is 14.7 Å². The fraction of sp³-hybridized carbons (Fsp3) is 0.231. The number of piperidine rings is 1.